The molecule has 0 saturated heterocycles. The first-order chi connectivity index (χ1) is 14.2. The third-order valence-electron chi connectivity index (χ3n) is 4.48. The van der Waals surface area contributed by atoms with Crippen molar-refractivity contribution in [2.45, 2.75) is 63.6 Å². The zero-order valence-corrected chi connectivity index (χ0v) is 19.7. The van der Waals surface area contributed by atoms with Gasteiger partial charge in [-0.3, -0.25) is 9.59 Å². The second kappa shape index (κ2) is 11.4. The summed E-state index contributed by atoms with van der Waals surface area (Å²) in [4.78, 5) is 28.9. The third kappa shape index (κ3) is 8.04. The molecule has 2 aromatic carbocycles. The summed E-state index contributed by atoms with van der Waals surface area (Å²) in [6, 6.07) is 16.9. The first-order valence-electron chi connectivity index (χ1n) is 10.2. The number of halogens is 1. The van der Waals surface area contributed by atoms with Gasteiger partial charge in [0.05, 0.1) is 0 Å². The molecule has 0 heterocycles. The molecule has 4 nitrogen and oxygen atoms in total. The molecule has 0 aliphatic carbocycles. The average Bonchev–Trinajstić information content (AvgIpc) is 2.68. The van der Waals surface area contributed by atoms with Crippen LogP contribution in [0.1, 0.15) is 46.1 Å². The summed E-state index contributed by atoms with van der Waals surface area (Å²) in [5.74, 6) is 0.513. The quantitative estimate of drug-likeness (QED) is 0.514. The van der Waals surface area contributed by atoms with E-state index in [1.807, 2.05) is 82.3 Å². The van der Waals surface area contributed by atoms with Crippen LogP contribution in [-0.2, 0) is 16.1 Å². The van der Waals surface area contributed by atoms with Crippen LogP contribution in [0.2, 0.25) is 5.02 Å². The number of thioether (sulfide) groups is 1. The van der Waals surface area contributed by atoms with Crippen molar-refractivity contribution in [3.8, 4) is 0 Å². The maximum Gasteiger partial charge on any atom is 0.243 e. The first kappa shape index (κ1) is 24.3. The molecule has 0 unspecified atom stereocenters. The zero-order chi connectivity index (χ0) is 22.1. The van der Waals surface area contributed by atoms with Crippen LogP contribution in [0.5, 0.6) is 0 Å². The monoisotopic (exact) mass is 446 g/mol. The van der Waals surface area contributed by atoms with Crippen LogP contribution in [-0.4, -0.2) is 34.0 Å². The lowest BCUT2D eigenvalue weighted by atomic mass is 10.1. The van der Waals surface area contributed by atoms with Crippen molar-refractivity contribution in [3.05, 3.63) is 65.2 Å². The summed E-state index contributed by atoms with van der Waals surface area (Å²) in [5, 5.41) is 3.72. The minimum atomic E-state index is -0.502. The van der Waals surface area contributed by atoms with Crippen LogP contribution in [0.25, 0.3) is 0 Å². The highest BCUT2D eigenvalue weighted by atomic mass is 35.5. The maximum atomic E-state index is 13.2. The normalized spacial score (nSPS) is 12.3. The van der Waals surface area contributed by atoms with E-state index < -0.39 is 6.04 Å². The van der Waals surface area contributed by atoms with Crippen LogP contribution in [0, 0.1) is 0 Å². The summed E-state index contributed by atoms with van der Waals surface area (Å²) >= 11 is 7.55. The number of amides is 2. The lowest BCUT2D eigenvalue weighted by molar-refractivity contribution is -0.141. The number of nitrogens with zero attached hydrogens (tertiary/aromatic N) is 1. The van der Waals surface area contributed by atoms with E-state index in [0.29, 0.717) is 30.2 Å². The highest BCUT2D eigenvalue weighted by Crippen LogP contribution is 2.22. The Morgan fingerprint density at radius 1 is 1.07 bits per heavy atom. The van der Waals surface area contributed by atoms with Gasteiger partial charge in [-0.1, -0.05) is 48.9 Å². The fourth-order valence-corrected chi connectivity index (χ4v) is 4.05. The SMILES string of the molecule is CC[C@H](C(=O)NC(C)(C)C)N(Cc1ccccc1)C(=O)CCSc1ccc(Cl)cc1. The molecule has 2 aromatic rings. The number of benzene rings is 2. The minimum absolute atomic E-state index is 0.0174. The number of carbonyl (C=O) groups excluding carboxylic acids is 2. The van der Waals surface area contributed by atoms with Crippen molar-refractivity contribution >= 4 is 35.2 Å². The number of nitrogens with one attached hydrogen (secondary N) is 1. The van der Waals surface area contributed by atoms with Gasteiger partial charge in [0.15, 0.2) is 0 Å². The lowest BCUT2D eigenvalue weighted by Crippen LogP contribution is -2.53. The highest BCUT2D eigenvalue weighted by Gasteiger charge is 2.30. The Kier molecular flexibility index (Phi) is 9.25. The fourth-order valence-electron chi connectivity index (χ4n) is 3.08. The highest BCUT2D eigenvalue weighted by molar-refractivity contribution is 7.99. The molecule has 6 heteroatoms. The van der Waals surface area contributed by atoms with E-state index in [-0.39, 0.29) is 17.4 Å². The molecule has 162 valence electrons. The molecule has 0 saturated carbocycles. The van der Waals surface area contributed by atoms with Crippen molar-refractivity contribution < 1.29 is 9.59 Å². The van der Waals surface area contributed by atoms with Gasteiger partial charge >= 0.3 is 0 Å². The lowest BCUT2D eigenvalue weighted by Gasteiger charge is -2.33. The molecule has 30 heavy (non-hydrogen) atoms. The first-order valence-corrected chi connectivity index (χ1v) is 11.6. The van der Waals surface area contributed by atoms with Gasteiger partial charge in [0.25, 0.3) is 0 Å². The predicted molar refractivity (Wildman–Crippen MR) is 126 cm³/mol. The molecular formula is C24H31ClN2O2S. The largest absolute Gasteiger partial charge is 0.350 e. The van der Waals surface area contributed by atoms with E-state index in [4.69, 9.17) is 11.6 Å². The van der Waals surface area contributed by atoms with Gasteiger partial charge in [-0.05, 0) is 57.0 Å². The molecule has 0 aliphatic heterocycles. The molecule has 2 rings (SSSR count). The van der Waals surface area contributed by atoms with Gasteiger partial charge in [-0.25, -0.2) is 0 Å². The van der Waals surface area contributed by atoms with Crippen molar-refractivity contribution in [1.29, 1.82) is 0 Å². The van der Waals surface area contributed by atoms with E-state index in [9.17, 15) is 9.59 Å². The Hall–Kier alpha value is -1.98. The number of hydrogen-bond donors (Lipinski definition) is 1. The van der Waals surface area contributed by atoms with Crippen LogP contribution in [0.3, 0.4) is 0 Å². The van der Waals surface area contributed by atoms with Crippen LogP contribution < -0.4 is 5.32 Å². The van der Waals surface area contributed by atoms with Crippen molar-refractivity contribution in [1.82, 2.24) is 10.2 Å². The van der Waals surface area contributed by atoms with Crippen molar-refractivity contribution in [2.24, 2.45) is 0 Å². The van der Waals surface area contributed by atoms with Crippen LogP contribution in [0.15, 0.2) is 59.5 Å². The van der Waals surface area contributed by atoms with Gasteiger partial charge in [0.2, 0.25) is 11.8 Å². The van der Waals surface area contributed by atoms with E-state index in [1.54, 1.807) is 16.7 Å². The molecule has 0 aliphatic rings. The van der Waals surface area contributed by atoms with Gasteiger partial charge < -0.3 is 10.2 Å². The third-order valence-corrected chi connectivity index (χ3v) is 5.74. The van der Waals surface area contributed by atoms with E-state index in [0.717, 1.165) is 10.5 Å². The molecule has 0 aromatic heterocycles. The smallest absolute Gasteiger partial charge is 0.243 e. The molecule has 0 bridgehead atoms. The van der Waals surface area contributed by atoms with Gasteiger partial charge in [-0.2, -0.15) is 0 Å². The molecular weight excluding hydrogens is 416 g/mol. The van der Waals surface area contributed by atoms with Crippen molar-refractivity contribution in [2.75, 3.05) is 5.75 Å². The second-order valence-corrected chi connectivity index (χ2v) is 9.83. The summed E-state index contributed by atoms with van der Waals surface area (Å²) in [7, 11) is 0. The van der Waals surface area contributed by atoms with E-state index in [1.165, 1.54) is 0 Å². The Morgan fingerprint density at radius 3 is 2.27 bits per heavy atom. The number of rotatable bonds is 9. The summed E-state index contributed by atoms with van der Waals surface area (Å²) in [6.07, 6.45) is 0.921. The predicted octanol–water partition coefficient (Wildman–Crippen LogP) is 5.54. The molecule has 0 fully saturated rings. The van der Waals surface area contributed by atoms with Gasteiger partial charge in [0, 0.05) is 34.2 Å². The maximum absolute atomic E-state index is 13.2. The van der Waals surface area contributed by atoms with Crippen LogP contribution in [0.4, 0.5) is 0 Å². The molecule has 2 amide bonds. The summed E-state index contributed by atoms with van der Waals surface area (Å²) in [6.45, 7) is 8.21. The Balaban J connectivity index is 2.11. The molecule has 1 atom stereocenters. The Morgan fingerprint density at radius 2 is 1.70 bits per heavy atom. The van der Waals surface area contributed by atoms with E-state index >= 15 is 0 Å². The summed E-state index contributed by atoms with van der Waals surface area (Å²) < 4.78 is 0. The standard InChI is InChI=1S/C24H31ClN2O2S/c1-5-21(23(29)26-24(2,3)4)27(17-18-9-7-6-8-10-18)22(28)15-16-30-20-13-11-19(25)12-14-20/h6-14,21H,5,15-17H2,1-4H3,(H,26,29)/t21-/m1/s1. The summed E-state index contributed by atoms with van der Waals surface area (Å²) in [5.41, 5.74) is 0.661. The van der Waals surface area contributed by atoms with Crippen LogP contribution >= 0.6 is 23.4 Å². The zero-order valence-electron chi connectivity index (χ0n) is 18.2. The van der Waals surface area contributed by atoms with E-state index in [2.05, 4.69) is 5.32 Å². The topological polar surface area (TPSA) is 49.4 Å². The van der Waals surface area contributed by atoms with Gasteiger partial charge in [0.1, 0.15) is 6.04 Å². The molecule has 1 N–H and O–H groups in total. The van der Waals surface area contributed by atoms with Gasteiger partial charge in [-0.15, -0.1) is 11.8 Å². The number of carbonyl (C=O) groups is 2. The second-order valence-electron chi connectivity index (χ2n) is 8.22. The molecule has 0 radical (unpaired) electrons. The minimum Gasteiger partial charge on any atom is -0.350 e. The van der Waals surface area contributed by atoms with Crippen molar-refractivity contribution in [3.63, 3.8) is 0 Å². The Labute approximate surface area is 189 Å². The fraction of sp³-hybridized carbons (Fsp3) is 0.417. The number of hydrogen-bond acceptors (Lipinski definition) is 3. The molecule has 0 spiro atoms. The average molecular weight is 447 g/mol. The Bertz CT molecular complexity index is 819.